The Kier molecular flexibility index (Phi) is 4.43. The van der Waals surface area contributed by atoms with E-state index < -0.39 is 0 Å². The highest BCUT2D eigenvalue weighted by atomic mass is 16.2. The summed E-state index contributed by atoms with van der Waals surface area (Å²) in [7, 11) is 0. The summed E-state index contributed by atoms with van der Waals surface area (Å²) in [5, 5.41) is 6.59. The monoisotopic (exact) mass is 238 g/mol. The summed E-state index contributed by atoms with van der Waals surface area (Å²) in [6.45, 7) is 2.74. The fraction of sp³-hybridized carbons (Fsp3) is 0.929. The van der Waals surface area contributed by atoms with Gasteiger partial charge in [-0.2, -0.15) is 0 Å². The van der Waals surface area contributed by atoms with Crippen LogP contribution in [0.3, 0.4) is 0 Å². The van der Waals surface area contributed by atoms with Crippen molar-refractivity contribution in [2.75, 3.05) is 6.54 Å². The lowest BCUT2D eigenvalue weighted by Crippen LogP contribution is -2.47. The molecular weight excluding hydrogens is 212 g/mol. The first kappa shape index (κ1) is 12.9. The van der Waals surface area contributed by atoms with Crippen LogP contribution in [0.25, 0.3) is 0 Å². The zero-order valence-electron chi connectivity index (χ0n) is 11.1. The molecule has 2 aliphatic rings. The molecule has 0 unspecified atom stereocenters. The van der Waals surface area contributed by atoms with Crippen LogP contribution in [0.2, 0.25) is 0 Å². The van der Waals surface area contributed by atoms with E-state index in [9.17, 15) is 4.79 Å². The molecule has 0 aromatic rings. The summed E-state index contributed by atoms with van der Waals surface area (Å²) in [6.07, 6.45) is 11.2. The Morgan fingerprint density at radius 3 is 2.41 bits per heavy atom. The lowest BCUT2D eigenvalue weighted by atomic mass is 9.95. The van der Waals surface area contributed by atoms with Gasteiger partial charge in [0.25, 0.3) is 0 Å². The second-order valence-corrected chi connectivity index (χ2v) is 6.02. The lowest BCUT2D eigenvalue weighted by molar-refractivity contribution is -0.121. The van der Waals surface area contributed by atoms with Crippen LogP contribution in [0.5, 0.6) is 0 Å². The summed E-state index contributed by atoms with van der Waals surface area (Å²) in [6, 6.07) is 0.439. The van der Waals surface area contributed by atoms with Gasteiger partial charge in [0, 0.05) is 11.6 Å². The molecule has 0 aliphatic heterocycles. The lowest BCUT2D eigenvalue weighted by Gasteiger charge is -2.27. The Hall–Kier alpha value is -0.570. The van der Waals surface area contributed by atoms with Crippen LogP contribution in [-0.4, -0.2) is 24.0 Å². The first-order valence-electron chi connectivity index (χ1n) is 7.22. The molecule has 2 fully saturated rings. The largest absolute Gasteiger partial charge is 0.352 e. The van der Waals surface area contributed by atoms with E-state index in [4.69, 9.17) is 0 Å². The number of hydrogen-bond acceptors (Lipinski definition) is 2. The van der Waals surface area contributed by atoms with Crippen LogP contribution in [0, 0.1) is 0 Å². The maximum absolute atomic E-state index is 11.8. The van der Waals surface area contributed by atoms with E-state index in [0.29, 0.717) is 12.6 Å². The van der Waals surface area contributed by atoms with Crippen LogP contribution < -0.4 is 10.6 Å². The second-order valence-electron chi connectivity index (χ2n) is 6.02. The van der Waals surface area contributed by atoms with Crippen molar-refractivity contribution in [2.24, 2.45) is 0 Å². The molecule has 0 heterocycles. The van der Waals surface area contributed by atoms with Crippen molar-refractivity contribution in [1.29, 1.82) is 0 Å². The molecule has 0 atom stereocenters. The van der Waals surface area contributed by atoms with Gasteiger partial charge in [-0.3, -0.25) is 4.79 Å². The van der Waals surface area contributed by atoms with Crippen molar-refractivity contribution < 1.29 is 4.79 Å². The molecule has 0 bridgehead atoms. The third kappa shape index (κ3) is 3.98. The van der Waals surface area contributed by atoms with E-state index in [2.05, 4.69) is 17.6 Å². The summed E-state index contributed by atoms with van der Waals surface area (Å²) in [5.74, 6) is 0.185. The van der Waals surface area contributed by atoms with Crippen LogP contribution in [0.15, 0.2) is 0 Å². The summed E-state index contributed by atoms with van der Waals surface area (Å²) in [5.41, 5.74) is 0.212. The number of hydrogen-bond donors (Lipinski definition) is 2. The van der Waals surface area contributed by atoms with Crippen molar-refractivity contribution in [3.8, 4) is 0 Å². The second kappa shape index (κ2) is 5.85. The SMILES string of the molecule is CC1(NCC(=O)NC2CCCCC2)CCCC1. The molecule has 98 valence electrons. The first-order chi connectivity index (χ1) is 8.18. The maximum atomic E-state index is 11.8. The summed E-state index contributed by atoms with van der Waals surface area (Å²) in [4.78, 5) is 11.8. The van der Waals surface area contributed by atoms with Gasteiger partial charge in [0.1, 0.15) is 0 Å². The average Bonchev–Trinajstić information content (AvgIpc) is 2.76. The van der Waals surface area contributed by atoms with Gasteiger partial charge in [-0.15, -0.1) is 0 Å². The van der Waals surface area contributed by atoms with Gasteiger partial charge in [-0.25, -0.2) is 0 Å². The molecule has 3 heteroatoms. The van der Waals surface area contributed by atoms with Gasteiger partial charge in [-0.05, 0) is 32.6 Å². The molecule has 3 nitrogen and oxygen atoms in total. The van der Waals surface area contributed by atoms with Crippen LogP contribution in [-0.2, 0) is 4.79 Å². The van der Waals surface area contributed by atoms with E-state index >= 15 is 0 Å². The molecule has 0 aromatic heterocycles. The third-order valence-corrected chi connectivity index (χ3v) is 4.35. The molecule has 2 saturated carbocycles. The van der Waals surface area contributed by atoms with Gasteiger partial charge < -0.3 is 10.6 Å². The Labute approximate surface area is 105 Å². The first-order valence-corrected chi connectivity index (χ1v) is 7.22. The third-order valence-electron chi connectivity index (χ3n) is 4.35. The predicted octanol–water partition coefficient (Wildman–Crippen LogP) is 2.36. The zero-order valence-corrected chi connectivity index (χ0v) is 11.1. The number of carbonyl (C=O) groups excluding carboxylic acids is 1. The summed E-state index contributed by atoms with van der Waals surface area (Å²) >= 11 is 0. The van der Waals surface area contributed by atoms with Crippen LogP contribution >= 0.6 is 0 Å². The molecule has 1 amide bonds. The molecular formula is C14H26N2O. The molecule has 2 N–H and O–H groups in total. The zero-order chi connectivity index (χ0) is 12.1. The minimum absolute atomic E-state index is 0.185. The van der Waals surface area contributed by atoms with E-state index in [-0.39, 0.29) is 11.4 Å². The minimum Gasteiger partial charge on any atom is -0.352 e. The Bertz CT molecular complexity index is 253. The van der Waals surface area contributed by atoms with E-state index in [0.717, 1.165) is 0 Å². The van der Waals surface area contributed by atoms with E-state index in [1.54, 1.807) is 0 Å². The molecule has 2 rings (SSSR count). The van der Waals surface area contributed by atoms with Crippen molar-refractivity contribution in [1.82, 2.24) is 10.6 Å². The fourth-order valence-corrected chi connectivity index (χ4v) is 3.15. The van der Waals surface area contributed by atoms with Crippen LogP contribution in [0.1, 0.15) is 64.7 Å². The van der Waals surface area contributed by atoms with Crippen LogP contribution in [0.4, 0.5) is 0 Å². The van der Waals surface area contributed by atoms with Gasteiger partial charge in [0.15, 0.2) is 0 Å². The Morgan fingerprint density at radius 1 is 1.12 bits per heavy atom. The highest BCUT2D eigenvalue weighted by Crippen LogP contribution is 2.28. The standard InChI is InChI=1S/C14H26N2O/c1-14(9-5-6-10-14)15-11-13(17)16-12-7-3-2-4-8-12/h12,15H,2-11H2,1H3,(H,16,17). The highest BCUT2D eigenvalue weighted by Gasteiger charge is 2.28. The maximum Gasteiger partial charge on any atom is 0.234 e. The number of carbonyl (C=O) groups is 1. The molecule has 2 aliphatic carbocycles. The fourth-order valence-electron chi connectivity index (χ4n) is 3.15. The summed E-state index contributed by atoms with van der Waals surface area (Å²) < 4.78 is 0. The molecule has 0 radical (unpaired) electrons. The van der Waals surface area contributed by atoms with Crippen molar-refractivity contribution in [3.05, 3.63) is 0 Å². The smallest absolute Gasteiger partial charge is 0.234 e. The van der Waals surface area contributed by atoms with Crippen molar-refractivity contribution in [2.45, 2.75) is 76.3 Å². The number of rotatable bonds is 4. The van der Waals surface area contributed by atoms with Crippen molar-refractivity contribution in [3.63, 3.8) is 0 Å². The average molecular weight is 238 g/mol. The number of nitrogens with one attached hydrogen (secondary N) is 2. The van der Waals surface area contributed by atoms with Gasteiger partial charge in [0.2, 0.25) is 5.91 Å². The van der Waals surface area contributed by atoms with E-state index in [1.165, 1.54) is 57.8 Å². The van der Waals surface area contributed by atoms with Crippen molar-refractivity contribution >= 4 is 5.91 Å². The topological polar surface area (TPSA) is 41.1 Å². The normalized spacial score (nSPS) is 24.8. The predicted molar refractivity (Wildman–Crippen MR) is 69.9 cm³/mol. The molecule has 0 aromatic carbocycles. The highest BCUT2D eigenvalue weighted by molar-refractivity contribution is 5.78. The minimum atomic E-state index is 0.185. The van der Waals surface area contributed by atoms with Gasteiger partial charge in [-0.1, -0.05) is 32.1 Å². The molecule has 17 heavy (non-hydrogen) atoms. The molecule has 0 spiro atoms. The molecule has 0 saturated heterocycles. The quantitative estimate of drug-likeness (QED) is 0.789. The van der Waals surface area contributed by atoms with E-state index in [1.807, 2.05) is 0 Å². The Morgan fingerprint density at radius 2 is 1.76 bits per heavy atom. The Balaban J connectivity index is 1.66. The number of amides is 1. The van der Waals surface area contributed by atoms with Gasteiger partial charge >= 0.3 is 0 Å². The van der Waals surface area contributed by atoms with Gasteiger partial charge in [0.05, 0.1) is 6.54 Å².